The van der Waals surface area contributed by atoms with Crippen LogP contribution < -0.4 is 20.9 Å². The topological polar surface area (TPSA) is 86.4 Å². The fraction of sp³-hybridized carbons (Fsp3) is 0.500. The molecule has 23 heavy (non-hydrogen) atoms. The van der Waals surface area contributed by atoms with E-state index in [9.17, 15) is 14.0 Å². The molecule has 126 valence electrons. The second-order valence-corrected chi connectivity index (χ2v) is 5.41. The molecule has 2 amide bonds. The molecule has 0 bridgehead atoms. The van der Waals surface area contributed by atoms with Crippen molar-refractivity contribution in [2.45, 2.75) is 18.9 Å². The van der Waals surface area contributed by atoms with Crippen LogP contribution >= 0.6 is 12.4 Å². The van der Waals surface area contributed by atoms with Crippen molar-refractivity contribution >= 4 is 35.7 Å². The van der Waals surface area contributed by atoms with E-state index in [1.165, 1.54) is 12.3 Å². The second-order valence-electron chi connectivity index (χ2n) is 5.41. The average Bonchev–Trinajstić information content (AvgIpc) is 2.51. The quantitative estimate of drug-likeness (QED) is 0.683. The SMILES string of the molecule is Cl.O=C1CCC(Nc2cnc(N3CCNCC3)c(F)c2)C(=O)N1. The van der Waals surface area contributed by atoms with Gasteiger partial charge in [-0.05, 0) is 6.42 Å². The molecule has 3 rings (SSSR count). The Morgan fingerprint density at radius 2 is 2.04 bits per heavy atom. The summed E-state index contributed by atoms with van der Waals surface area (Å²) in [7, 11) is 0. The van der Waals surface area contributed by atoms with Gasteiger partial charge in [-0.2, -0.15) is 0 Å². The van der Waals surface area contributed by atoms with Gasteiger partial charge in [-0.3, -0.25) is 14.9 Å². The van der Waals surface area contributed by atoms with E-state index < -0.39 is 11.9 Å². The van der Waals surface area contributed by atoms with Crippen molar-refractivity contribution in [2.75, 3.05) is 36.4 Å². The summed E-state index contributed by atoms with van der Waals surface area (Å²) in [6.07, 6.45) is 2.19. The summed E-state index contributed by atoms with van der Waals surface area (Å²) in [5, 5.41) is 8.38. The summed E-state index contributed by atoms with van der Waals surface area (Å²) in [6.45, 7) is 3.03. The van der Waals surface area contributed by atoms with E-state index in [2.05, 4.69) is 20.9 Å². The van der Waals surface area contributed by atoms with Gasteiger partial charge < -0.3 is 15.5 Å². The van der Waals surface area contributed by atoms with Crippen LogP contribution in [0.1, 0.15) is 12.8 Å². The third-order valence-corrected chi connectivity index (χ3v) is 3.82. The van der Waals surface area contributed by atoms with E-state index in [-0.39, 0.29) is 30.6 Å². The van der Waals surface area contributed by atoms with Crippen molar-refractivity contribution in [3.8, 4) is 0 Å². The van der Waals surface area contributed by atoms with Crippen LogP contribution in [0.15, 0.2) is 12.3 Å². The Morgan fingerprint density at radius 3 is 2.70 bits per heavy atom. The van der Waals surface area contributed by atoms with Gasteiger partial charge >= 0.3 is 0 Å². The fourth-order valence-electron chi connectivity index (χ4n) is 2.65. The van der Waals surface area contributed by atoms with Crippen LogP contribution in [-0.2, 0) is 9.59 Å². The molecule has 2 aliphatic heterocycles. The predicted molar refractivity (Wildman–Crippen MR) is 86.3 cm³/mol. The predicted octanol–water partition coefficient (Wildman–Crippen LogP) is 0.269. The smallest absolute Gasteiger partial charge is 0.249 e. The van der Waals surface area contributed by atoms with E-state index in [0.29, 0.717) is 31.0 Å². The third-order valence-electron chi connectivity index (χ3n) is 3.82. The van der Waals surface area contributed by atoms with Gasteiger partial charge in [0.05, 0.1) is 11.9 Å². The summed E-state index contributed by atoms with van der Waals surface area (Å²) in [6, 6.07) is 0.803. The van der Waals surface area contributed by atoms with Gasteiger partial charge in [-0.15, -0.1) is 12.4 Å². The number of nitrogens with one attached hydrogen (secondary N) is 3. The van der Waals surface area contributed by atoms with Gasteiger partial charge in [0, 0.05) is 38.7 Å². The molecule has 2 saturated heterocycles. The van der Waals surface area contributed by atoms with E-state index in [0.717, 1.165) is 13.1 Å². The van der Waals surface area contributed by atoms with Crippen molar-refractivity contribution < 1.29 is 14.0 Å². The van der Waals surface area contributed by atoms with Crippen molar-refractivity contribution in [1.82, 2.24) is 15.6 Å². The van der Waals surface area contributed by atoms with Crippen LogP contribution in [0.4, 0.5) is 15.9 Å². The molecule has 2 fully saturated rings. The first kappa shape index (κ1) is 17.4. The molecule has 0 radical (unpaired) electrons. The van der Waals surface area contributed by atoms with Gasteiger partial charge in [0.1, 0.15) is 6.04 Å². The number of piperidine rings is 1. The van der Waals surface area contributed by atoms with Crippen LogP contribution in [-0.4, -0.2) is 49.0 Å². The highest BCUT2D eigenvalue weighted by Crippen LogP contribution is 2.21. The number of hydrogen-bond donors (Lipinski definition) is 3. The molecule has 3 heterocycles. The van der Waals surface area contributed by atoms with E-state index >= 15 is 0 Å². The molecule has 7 nitrogen and oxygen atoms in total. The number of nitrogens with zero attached hydrogens (tertiary/aromatic N) is 2. The van der Waals surface area contributed by atoms with Crippen LogP contribution in [0.5, 0.6) is 0 Å². The summed E-state index contributed by atoms with van der Waals surface area (Å²) < 4.78 is 14.2. The van der Waals surface area contributed by atoms with Gasteiger partial charge in [0.25, 0.3) is 0 Å². The molecule has 1 unspecified atom stereocenters. The molecule has 1 aromatic rings. The zero-order chi connectivity index (χ0) is 15.5. The van der Waals surface area contributed by atoms with Crippen molar-refractivity contribution in [2.24, 2.45) is 0 Å². The first-order valence-corrected chi connectivity index (χ1v) is 7.35. The Bertz CT molecular complexity index is 595. The number of anilines is 2. The monoisotopic (exact) mass is 343 g/mol. The number of rotatable bonds is 3. The van der Waals surface area contributed by atoms with E-state index in [1.807, 2.05) is 4.90 Å². The highest BCUT2D eigenvalue weighted by atomic mass is 35.5. The normalized spacial score (nSPS) is 21.4. The third kappa shape index (κ3) is 4.08. The van der Waals surface area contributed by atoms with E-state index in [1.54, 1.807) is 0 Å². The first-order chi connectivity index (χ1) is 10.6. The lowest BCUT2D eigenvalue weighted by Gasteiger charge is -2.29. The number of carbonyl (C=O) groups is 2. The summed E-state index contributed by atoms with van der Waals surface area (Å²) >= 11 is 0. The maximum atomic E-state index is 14.2. The summed E-state index contributed by atoms with van der Waals surface area (Å²) in [4.78, 5) is 28.8. The maximum absolute atomic E-state index is 14.2. The Balaban J connectivity index is 0.00000192. The number of carbonyl (C=O) groups excluding carboxylic acids is 2. The van der Waals surface area contributed by atoms with Crippen molar-refractivity contribution in [1.29, 1.82) is 0 Å². The van der Waals surface area contributed by atoms with Crippen LogP contribution in [0.25, 0.3) is 0 Å². The zero-order valence-electron chi connectivity index (χ0n) is 12.5. The minimum absolute atomic E-state index is 0. The lowest BCUT2D eigenvalue weighted by molar-refractivity contribution is -0.133. The van der Waals surface area contributed by atoms with Gasteiger partial charge in [0.2, 0.25) is 11.8 Å². The number of halogens is 2. The average molecular weight is 344 g/mol. The van der Waals surface area contributed by atoms with E-state index in [4.69, 9.17) is 0 Å². The molecule has 0 aliphatic carbocycles. The highest BCUT2D eigenvalue weighted by Gasteiger charge is 2.26. The zero-order valence-corrected chi connectivity index (χ0v) is 13.3. The van der Waals surface area contributed by atoms with Crippen LogP contribution in [0.3, 0.4) is 0 Å². The Kier molecular flexibility index (Phi) is 5.73. The first-order valence-electron chi connectivity index (χ1n) is 7.35. The van der Waals surface area contributed by atoms with Crippen molar-refractivity contribution in [3.05, 3.63) is 18.1 Å². The number of piperazine rings is 1. The minimum Gasteiger partial charge on any atom is -0.372 e. The number of pyridine rings is 1. The molecule has 2 aliphatic rings. The lowest BCUT2D eigenvalue weighted by atomic mass is 10.1. The van der Waals surface area contributed by atoms with Gasteiger partial charge in [-0.1, -0.05) is 0 Å². The summed E-state index contributed by atoms with van der Waals surface area (Å²) in [5.41, 5.74) is 0.436. The Labute approximate surface area is 139 Å². The van der Waals surface area contributed by atoms with Crippen molar-refractivity contribution in [3.63, 3.8) is 0 Å². The molecule has 0 saturated carbocycles. The molecule has 1 atom stereocenters. The number of hydrogen-bond acceptors (Lipinski definition) is 6. The standard InChI is InChI=1S/C14H18FN5O2.ClH/c15-10-7-9(18-11-1-2-12(21)19-14(11)22)8-17-13(10)20-5-3-16-4-6-20;/h7-8,11,16,18H,1-6H2,(H,19,21,22);1H. The molecule has 3 N–H and O–H groups in total. The number of imide groups is 1. The van der Waals surface area contributed by atoms with Crippen LogP contribution in [0.2, 0.25) is 0 Å². The van der Waals surface area contributed by atoms with Gasteiger partial charge in [0.15, 0.2) is 11.6 Å². The number of amides is 2. The molecule has 1 aromatic heterocycles. The fourth-order valence-corrected chi connectivity index (χ4v) is 2.65. The largest absolute Gasteiger partial charge is 0.372 e. The second kappa shape index (κ2) is 7.56. The lowest BCUT2D eigenvalue weighted by Crippen LogP contribution is -2.47. The molecular weight excluding hydrogens is 325 g/mol. The Morgan fingerprint density at radius 1 is 1.30 bits per heavy atom. The molecule has 9 heteroatoms. The molecular formula is C14H19ClFN5O2. The summed E-state index contributed by atoms with van der Waals surface area (Å²) in [5.74, 6) is -0.751. The van der Waals surface area contributed by atoms with Crippen LogP contribution in [0, 0.1) is 5.82 Å². The van der Waals surface area contributed by atoms with Gasteiger partial charge in [-0.25, -0.2) is 9.37 Å². The highest BCUT2D eigenvalue weighted by molar-refractivity contribution is 6.01. The number of aromatic nitrogens is 1. The maximum Gasteiger partial charge on any atom is 0.249 e. The minimum atomic E-state index is -0.538. The molecule has 0 spiro atoms. The molecule has 0 aromatic carbocycles. The Hall–Kier alpha value is -1.93.